The maximum atomic E-state index is 10.7. The van der Waals surface area contributed by atoms with Crippen molar-refractivity contribution in [2.24, 2.45) is 0 Å². The molecule has 6 nitrogen and oxygen atoms in total. The summed E-state index contributed by atoms with van der Waals surface area (Å²) in [5.41, 5.74) is 4.07. The second kappa shape index (κ2) is 7.18. The molecule has 0 saturated heterocycles. The summed E-state index contributed by atoms with van der Waals surface area (Å²) in [5, 5.41) is 10.4. The van der Waals surface area contributed by atoms with Gasteiger partial charge in [-0.05, 0) is 0 Å². The van der Waals surface area contributed by atoms with Gasteiger partial charge >= 0.3 is 6.03 Å². The molecule has 0 rings (SSSR count). The van der Waals surface area contributed by atoms with Crippen LogP contribution < -0.4 is 16.2 Å². The summed E-state index contributed by atoms with van der Waals surface area (Å²) >= 11 is 5.29. The van der Waals surface area contributed by atoms with Crippen molar-refractivity contribution in [1.29, 1.82) is 5.26 Å². The van der Waals surface area contributed by atoms with Crippen molar-refractivity contribution in [2.45, 2.75) is 6.42 Å². The van der Waals surface area contributed by atoms with E-state index in [1.165, 1.54) is 0 Å². The van der Waals surface area contributed by atoms with Crippen molar-refractivity contribution in [3.8, 4) is 6.07 Å². The fraction of sp³-hybridized carbons (Fsp3) is 0.500. The Kier molecular flexibility index (Phi) is 6.37. The van der Waals surface area contributed by atoms with Crippen molar-refractivity contribution in [1.82, 2.24) is 16.2 Å². The molecule has 0 fully saturated rings. The minimum absolute atomic E-state index is 0.291. The molecule has 0 aliphatic carbocycles. The fourth-order valence-electron chi connectivity index (χ4n) is 0.447. The Hall–Kier alpha value is -1.48. The highest BCUT2D eigenvalue weighted by molar-refractivity contribution is 6.18. The Morgan fingerprint density at radius 2 is 2.08 bits per heavy atom. The molecule has 3 N–H and O–H groups in total. The summed E-state index contributed by atoms with van der Waals surface area (Å²) in [4.78, 5) is 21.4. The van der Waals surface area contributed by atoms with E-state index in [0.717, 1.165) is 0 Å². The zero-order valence-corrected chi connectivity index (χ0v) is 7.52. The summed E-state index contributed by atoms with van der Waals surface area (Å²) in [7, 11) is 0. The van der Waals surface area contributed by atoms with Crippen LogP contribution in [0.1, 0.15) is 6.42 Å². The van der Waals surface area contributed by atoms with Crippen molar-refractivity contribution in [3.63, 3.8) is 0 Å². The van der Waals surface area contributed by atoms with E-state index in [-0.39, 0.29) is 6.42 Å². The number of carbonyl (C=O) groups excluding carboxylic acids is 2. The molecule has 72 valence electrons. The minimum Gasteiger partial charge on any atom is -0.336 e. The van der Waals surface area contributed by atoms with Gasteiger partial charge in [-0.1, -0.05) is 0 Å². The van der Waals surface area contributed by atoms with Gasteiger partial charge in [-0.3, -0.25) is 10.2 Å². The number of nitrogens with one attached hydrogen (secondary N) is 3. The number of urea groups is 1. The van der Waals surface area contributed by atoms with Crippen LogP contribution in [0.15, 0.2) is 0 Å². The maximum absolute atomic E-state index is 10.7. The molecule has 7 heteroatoms. The van der Waals surface area contributed by atoms with Gasteiger partial charge in [0.25, 0.3) is 5.91 Å². The van der Waals surface area contributed by atoms with Crippen LogP contribution in [0.25, 0.3) is 0 Å². The predicted octanol–water partition coefficient (Wildman–Crippen LogP) is -0.531. The third-order valence-electron chi connectivity index (χ3n) is 0.935. The molecule has 0 radical (unpaired) electrons. The van der Waals surface area contributed by atoms with E-state index in [0.29, 0.717) is 12.4 Å². The second-order valence-corrected chi connectivity index (χ2v) is 2.33. The molecule has 0 unspecified atom stereocenters. The van der Waals surface area contributed by atoms with E-state index in [4.69, 9.17) is 16.9 Å². The first-order chi connectivity index (χ1) is 6.20. The van der Waals surface area contributed by atoms with Crippen molar-refractivity contribution >= 4 is 23.5 Å². The molecule has 0 bridgehead atoms. The average molecular weight is 205 g/mol. The van der Waals surface area contributed by atoms with E-state index < -0.39 is 11.9 Å². The molecule has 3 amide bonds. The Balaban J connectivity index is 3.47. The number of nitrogens with zero attached hydrogens (tertiary/aromatic N) is 1. The molecule has 0 aromatic carbocycles. The maximum Gasteiger partial charge on any atom is 0.333 e. The van der Waals surface area contributed by atoms with Crippen LogP contribution in [-0.2, 0) is 4.79 Å². The van der Waals surface area contributed by atoms with Crippen LogP contribution >= 0.6 is 11.6 Å². The summed E-state index contributed by atoms with van der Waals surface area (Å²) in [6.07, 6.45) is -0.296. The van der Waals surface area contributed by atoms with Gasteiger partial charge in [-0.2, -0.15) is 5.26 Å². The molecular weight excluding hydrogens is 196 g/mol. The number of rotatable bonds is 3. The standard InChI is InChI=1S/C6H9ClN4O2/c7-2-4-9-6(13)11-10-5(12)1-3-8/h1-2,4H2,(H,10,12)(H2,9,11,13). The summed E-state index contributed by atoms with van der Waals surface area (Å²) in [6.45, 7) is 0.307. The average Bonchev–Trinajstić information content (AvgIpc) is 2.12. The minimum atomic E-state index is -0.566. The number of hydrogen-bond acceptors (Lipinski definition) is 3. The fourth-order valence-corrected chi connectivity index (χ4v) is 0.542. The van der Waals surface area contributed by atoms with Gasteiger partial charge in [0.05, 0.1) is 6.07 Å². The zero-order chi connectivity index (χ0) is 10.1. The van der Waals surface area contributed by atoms with Gasteiger partial charge in [0.1, 0.15) is 6.42 Å². The first-order valence-electron chi connectivity index (χ1n) is 3.46. The largest absolute Gasteiger partial charge is 0.336 e. The summed E-state index contributed by atoms with van der Waals surface area (Å²) in [5.74, 6) is -0.275. The molecule has 0 aliphatic rings. The molecule has 13 heavy (non-hydrogen) atoms. The van der Waals surface area contributed by atoms with E-state index in [9.17, 15) is 9.59 Å². The topological polar surface area (TPSA) is 94.0 Å². The van der Waals surface area contributed by atoms with Gasteiger partial charge < -0.3 is 5.32 Å². The highest BCUT2D eigenvalue weighted by Crippen LogP contribution is 1.73. The number of amides is 3. The molecule has 0 aromatic heterocycles. The highest BCUT2D eigenvalue weighted by Gasteiger charge is 2.01. The first kappa shape index (κ1) is 11.5. The van der Waals surface area contributed by atoms with Crippen LogP contribution in [0.3, 0.4) is 0 Å². The van der Waals surface area contributed by atoms with Crippen molar-refractivity contribution in [2.75, 3.05) is 12.4 Å². The zero-order valence-electron chi connectivity index (χ0n) is 6.76. The first-order valence-corrected chi connectivity index (χ1v) is 3.99. The van der Waals surface area contributed by atoms with Crippen molar-refractivity contribution < 1.29 is 9.59 Å². The van der Waals surface area contributed by atoms with Crippen LogP contribution in [0.4, 0.5) is 4.79 Å². The Morgan fingerprint density at radius 3 is 2.62 bits per heavy atom. The van der Waals surface area contributed by atoms with Gasteiger partial charge in [-0.25, -0.2) is 10.2 Å². The third kappa shape index (κ3) is 6.90. The molecule has 0 aliphatic heterocycles. The highest BCUT2D eigenvalue weighted by atomic mass is 35.5. The van der Waals surface area contributed by atoms with Crippen LogP contribution in [-0.4, -0.2) is 24.4 Å². The Morgan fingerprint density at radius 1 is 1.38 bits per heavy atom. The van der Waals surface area contributed by atoms with Gasteiger partial charge in [0.15, 0.2) is 0 Å². The van der Waals surface area contributed by atoms with Crippen LogP contribution in [0, 0.1) is 11.3 Å². The predicted molar refractivity (Wildman–Crippen MR) is 45.6 cm³/mol. The smallest absolute Gasteiger partial charge is 0.333 e. The molecular formula is C6H9ClN4O2. The van der Waals surface area contributed by atoms with E-state index in [1.54, 1.807) is 6.07 Å². The Bertz CT molecular complexity index is 225. The normalized spacial score (nSPS) is 8.31. The molecule has 0 saturated carbocycles. The molecule has 0 spiro atoms. The van der Waals surface area contributed by atoms with Crippen LogP contribution in [0.5, 0.6) is 0 Å². The number of hydrazine groups is 1. The van der Waals surface area contributed by atoms with E-state index >= 15 is 0 Å². The monoisotopic (exact) mass is 204 g/mol. The van der Waals surface area contributed by atoms with Gasteiger partial charge in [0, 0.05) is 12.4 Å². The van der Waals surface area contributed by atoms with Crippen LogP contribution in [0.2, 0.25) is 0 Å². The number of hydrogen-bond donors (Lipinski definition) is 3. The lowest BCUT2D eigenvalue weighted by atomic mass is 10.5. The lowest BCUT2D eigenvalue weighted by molar-refractivity contribution is -0.120. The van der Waals surface area contributed by atoms with E-state index in [2.05, 4.69) is 5.32 Å². The summed E-state index contributed by atoms with van der Waals surface area (Å²) < 4.78 is 0. The third-order valence-corrected chi connectivity index (χ3v) is 1.12. The lowest BCUT2D eigenvalue weighted by Gasteiger charge is -2.05. The number of alkyl halides is 1. The quantitative estimate of drug-likeness (QED) is 0.426. The number of carbonyl (C=O) groups is 2. The summed E-state index contributed by atoms with van der Waals surface area (Å²) in [6, 6.07) is 1.07. The second-order valence-electron chi connectivity index (χ2n) is 1.95. The number of halogens is 1. The molecule has 0 atom stereocenters. The number of nitriles is 1. The Labute approximate surface area is 80.2 Å². The lowest BCUT2D eigenvalue weighted by Crippen LogP contribution is -2.47. The SMILES string of the molecule is N#CCC(=O)NNC(=O)NCCCl. The molecule has 0 aromatic rings. The van der Waals surface area contributed by atoms with Crippen molar-refractivity contribution in [3.05, 3.63) is 0 Å². The van der Waals surface area contributed by atoms with E-state index in [1.807, 2.05) is 10.9 Å². The molecule has 0 heterocycles. The van der Waals surface area contributed by atoms with Gasteiger partial charge in [-0.15, -0.1) is 11.6 Å². The van der Waals surface area contributed by atoms with Gasteiger partial charge in [0.2, 0.25) is 0 Å².